The molecule has 2 amide bonds. The van der Waals surface area contributed by atoms with Gasteiger partial charge >= 0.3 is 12.2 Å². The predicted molar refractivity (Wildman–Crippen MR) is 201 cm³/mol. The number of halogens is 5. The van der Waals surface area contributed by atoms with Gasteiger partial charge in [-0.3, -0.25) is 0 Å². The van der Waals surface area contributed by atoms with E-state index in [9.17, 15) is 36.6 Å². The van der Waals surface area contributed by atoms with Crippen molar-refractivity contribution in [3.8, 4) is 17.9 Å². The molecule has 0 aromatic heterocycles. The number of rotatable bonds is 8. The molecule has 0 unspecified atom stereocenters. The maximum atomic E-state index is 13.9. The minimum Gasteiger partial charge on any atom is -0.486 e. The number of nitriles is 2. The summed E-state index contributed by atoms with van der Waals surface area (Å²) in [7, 11) is 0. The van der Waals surface area contributed by atoms with Crippen LogP contribution in [0.3, 0.4) is 0 Å². The number of hydrogen-bond acceptors (Lipinski definition) is 8. The molecule has 4 aliphatic rings. The van der Waals surface area contributed by atoms with Crippen molar-refractivity contribution in [3.05, 3.63) is 136 Å². The van der Waals surface area contributed by atoms with E-state index in [1.165, 1.54) is 6.07 Å². The van der Waals surface area contributed by atoms with Gasteiger partial charge in [0.05, 0.1) is 17.2 Å². The van der Waals surface area contributed by atoms with Gasteiger partial charge in [0, 0.05) is 24.2 Å². The molecule has 0 saturated heterocycles. The number of nitrogens with one attached hydrogen (secondary N) is 2. The minimum absolute atomic E-state index is 0.0523. The molecular weight excluding hydrogens is 775 g/mol. The van der Waals surface area contributed by atoms with Crippen LogP contribution in [0.1, 0.15) is 73.6 Å². The molecule has 0 bridgehead atoms. The lowest BCUT2D eigenvalue weighted by molar-refractivity contribution is -0.0958. The Kier molecular flexibility index (Phi) is 13.4. The minimum atomic E-state index is -1.35. The molecule has 4 saturated carbocycles. The standard InChI is InChI=1S/C22H20F2N2O3.C15H19NO3.C7H2F3N/c23-16-6-15(12-25)20(19(24)7-16)29-18-10-22(11-18)8-17(9-22)26-21(27)28-13-14-4-2-1-3-5-14;17-13-8-15(9-13)6-12(7-15)16-14(18)19-10-11-4-2-1-3-5-11;8-5-1-4(3-11)7(10)6(9)2-5/h1-7,17-18H,8-11,13H2,(H,26,27);1-5,12-13,17H,6-10H2,(H,16,18);1-2H. The van der Waals surface area contributed by atoms with Crippen LogP contribution in [-0.4, -0.2) is 41.6 Å². The van der Waals surface area contributed by atoms with Crippen LogP contribution in [0.2, 0.25) is 0 Å². The smallest absolute Gasteiger partial charge is 0.407 e. The number of benzene rings is 4. The van der Waals surface area contributed by atoms with Gasteiger partial charge in [0.1, 0.15) is 43.1 Å². The average Bonchev–Trinajstić information content (AvgIpc) is 3.16. The third kappa shape index (κ3) is 11.1. The first-order valence-corrected chi connectivity index (χ1v) is 19.0. The van der Waals surface area contributed by atoms with E-state index in [2.05, 4.69) is 10.6 Å². The first-order chi connectivity index (χ1) is 28.3. The summed E-state index contributed by atoms with van der Waals surface area (Å²) in [6.07, 6.45) is 5.67. The van der Waals surface area contributed by atoms with Crippen molar-refractivity contribution in [2.24, 2.45) is 10.8 Å². The zero-order chi connectivity index (χ0) is 42.2. The normalized spacial score (nSPS) is 24.3. The summed E-state index contributed by atoms with van der Waals surface area (Å²) >= 11 is 0. The summed E-state index contributed by atoms with van der Waals surface area (Å²) in [4.78, 5) is 23.5. The van der Waals surface area contributed by atoms with Crippen LogP contribution in [-0.2, 0) is 22.7 Å². The summed E-state index contributed by atoms with van der Waals surface area (Å²) in [5.74, 6) is -5.47. The molecule has 0 radical (unpaired) electrons. The summed E-state index contributed by atoms with van der Waals surface area (Å²) < 4.78 is 80.1. The number of carbonyl (C=O) groups excluding carboxylic acids is 2. The molecule has 10 nitrogen and oxygen atoms in total. The van der Waals surface area contributed by atoms with Crippen LogP contribution in [0, 0.1) is 62.6 Å². The Hall–Kier alpha value is -6.19. The zero-order valence-electron chi connectivity index (χ0n) is 31.7. The number of ether oxygens (including phenoxy) is 3. The van der Waals surface area contributed by atoms with E-state index < -0.39 is 40.7 Å². The molecular formula is C44H41F5N4O6. The SMILES string of the molecule is N#Cc1cc(F)cc(F)c1F.N#Cc1cc(F)cc(F)c1OC1CC2(CC(NC(=O)OCc3ccccc3)C2)C1.O=C(NC1CC2(CC(O)C2)C1)OCc1ccccc1. The molecule has 2 spiro atoms. The Labute approximate surface area is 337 Å². The number of amides is 2. The Bertz CT molecular complexity index is 2190. The van der Waals surface area contributed by atoms with Crippen LogP contribution in [0.25, 0.3) is 0 Å². The van der Waals surface area contributed by atoms with Crippen molar-refractivity contribution >= 4 is 12.2 Å². The highest BCUT2D eigenvalue weighted by molar-refractivity contribution is 5.68. The molecule has 4 aromatic carbocycles. The monoisotopic (exact) mass is 816 g/mol. The first kappa shape index (κ1) is 42.4. The Morgan fingerprint density at radius 2 is 1.08 bits per heavy atom. The van der Waals surface area contributed by atoms with Gasteiger partial charge in [-0.15, -0.1) is 0 Å². The summed E-state index contributed by atoms with van der Waals surface area (Å²) in [5, 5.41) is 32.3. The lowest BCUT2D eigenvalue weighted by atomic mass is 9.53. The molecule has 308 valence electrons. The second kappa shape index (κ2) is 18.6. The molecule has 3 N–H and O–H groups in total. The Balaban J connectivity index is 0.000000166. The van der Waals surface area contributed by atoms with E-state index in [0.717, 1.165) is 61.8 Å². The van der Waals surface area contributed by atoms with E-state index in [1.807, 2.05) is 60.7 Å². The second-order valence-electron chi connectivity index (χ2n) is 15.6. The fourth-order valence-corrected chi connectivity index (χ4v) is 8.20. The topological polar surface area (TPSA) is 154 Å². The highest BCUT2D eigenvalue weighted by atomic mass is 19.2. The van der Waals surface area contributed by atoms with Crippen LogP contribution in [0.15, 0.2) is 84.9 Å². The Morgan fingerprint density at radius 1 is 0.644 bits per heavy atom. The van der Waals surface area contributed by atoms with Crippen molar-refractivity contribution in [1.29, 1.82) is 10.5 Å². The van der Waals surface area contributed by atoms with E-state index in [-0.39, 0.29) is 53.7 Å². The van der Waals surface area contributed by atoms with E-state index in [0.29, 0.717) is 37.0 Å². The average molecular weight is 817 g/mol. The van der Waals surface area contributed by atoms with Gasteiger partial charge in [-0.05, 0) is 85.5 Å². The number of nitrogens with zero attached hydrogens (tertiary/aromatic N) is 2. The van der Waals surface area contributed by atoms with Gasteiger partial charge in [0.25, 0.3) is 0 Å². The number of hydrogen-bond donors (Lipinski definition) is 3. The van der Waals surface area contributed by atoms with E-state index in [4.69, 9.17) is 24.7 Å². The van der Waals surface area contributed by atoms with Gasteiger partial charge in [-0.1, -0.05) is 60.7 Å². The predicted octanol–water partition coefficient (Wildman–Crippen LogP) is 8.64. The molecule has 59 heavy (non-hydrogen) atoms. The number of alkyl carbamates (subject to hydrolysis) is 2. The summed E-state index contributed by atoms with van der Waals surface area (Å²) in [5.41, 5.74) is 1.55. The first-order valence-electron chi connectivity index (χ1n) is 19.0. The number of aliphatic hydroxyl groups is 1. The second-order valence-corrected chi connectivity index (χ2v) is 15.6. The molecule has 4 aliphatic carbocycles. The third-order valence-electron chi connectivity index (χ3n) is 11.0. The molecule has 0 heterocycles. The fraction of sp³-hybridized carbons (Fsp3) is 0.364. The van der Waals surface area contributed by atoms with E-state index >= 15 is 0 Å². The van der Waals surface area contributed by atoms with Gasteiger partial charge < -0.3 is 30.0 Å². The molecule has 4 fully saturated rings. The van der Waals surface area contributed by atoms with Crippen LogP contribution in [0.5, 0.6) is 5.75 Å². The van der Waals surface area contributed by atoms with Crippen molar-refractivity contribution < 1.29 is 50.9 Å². The maximum Gasteiger partial charge on any atom is 0.407 e. The van der Waals surface area contributed by atoms with Crippen molar-refractivity contribution in [2.45, 2.75) is 88.9 Å². The number of aliphatic hydroxyl groups excluding tert-OH is 1. The molecule has 0 atom stereocenters. The lowest BCUT2D eigenvalue weighted by Crippen LogP contribution is -2.58. The van der Waals surface area contributed by atoms with Gasteiger partial charge in [-0.2, -0.15) is 10.5 Å². The molecule has 0 aliphatic heterocycles. The van der Waals surface area contributed by atoms with Gasteiger partial charge in [0.2, 0.25) is 0 Å². The molecule has 8 rings (SSSR count). The van der Waals surface area contributed by atoms with Crippen LogP contribution in [0.4, 0.5) is 31.5 Å². The quantitative estimate of drug-likeness (QED) is 0.118. The largest absolute Gasteiger partial charge is 0.486 e. The Morgan fingerprint density at radius 3 is 1.54 bits per heavy atom. The van der Waals surface area contributed by atoms with Crippen molar-refractivity contribution in [3.63, 3.8) is 0 Å². The highest BCUT2D eigenvalue weighted by Gasteiger charge is 2.55. The maximum absolute atomic E-state index is 13.9. The number of carbonyl (C=O) groups is 2. The molecule has 15 heteroatoms. The highest BCUT2D eigenvalue weighted by Crippen LogP contribution is 2.57. The van der Waals surface area contributed by atoms with Gasteiger partial charge in [0.15, 0.2) is 23.2 Å². The lowest BCUT2D eigenvalue weighted by Gasteiger charge is -2.57. The van der Waals surface area contributed by atoms with Crippen molar-refractivity contribution in [2.75, 3.05) is 0 Å². The summed E-state index contributed by atoms with van der Waals surface area (Å²) in [6.45, 7) is 0.536. The fourth-order valence-electron chi connectivity index (χ4n) is 8.20. The summed E-state index contributed by atoms with van der Waals surface area (Å²) in [6, 6.07) is 25.2. The third-order valence-corrected chi connectivity index (χ3v) is 11.0. The van der Waals surface area contributed by atoms with Crippen LogP contribution < -0.4 is 15.4 Å². The van der Waals surface area contributed by atoms with Crippen LogP contribution >= 0.6 is 0 Å². The van der Waals surface area contributed by atoms with Gasteiger partial charge in [-0.25, -0.2) is 31.5 Å². The zero-order valence-corrected chi connectivity index (χ0v) is 31.7. The van der Waals surface area contributed by atoms with E-state index in [1.54, 1.807) is 6.07 Å². The molecule has 4 aromatic rings. The van der Waals surface area contributed by atoms with Crippen molar-refractivity contribution in [1.82, 2.24) is 10.6 Å².